The van der Waals surface area contributed by atoms with Crippen molar-refractivity contribution in [3.8, 4) is 11.5 Å². The van der Waals surface area contributed by atoms with Crippen molar-refractivity contribution in [2.45, 2.75) is 13.5 Å². The number of nitrogens with zero attached hydrogens (tertiary/aromatic N) is 1. The third-order valence-corrected chi connectivity index (χ3v) is 3.63. The van der Waals surface area contributed by atoms with E-state index in [9.17, 15) is 18.4 Å². The number of nitrogens with one attached hydrogen (secondary N) is 2. The molecule has 0 unspecified atom stereocenters. The van der Waals surface area contributed by atoms with Gasteiger partial charge in [-0.25, -0.2) is 5.43 Å². The molecule has 2 aromatic rings. The zero-order valence-electron chi connectivity index (χ0n) is 14.8. The number of methoxy groups -OCH3 is 1. The first-order valence-corrected chi connectivity index (χ1v) is 8.21. The van der Waals surface area contributed by atoms with Gasteiger partial charge in [0, 0.05) is 5.69 Å². The van der Waals surface area contributed by atoms with E-state index < -0.39 is 18.4 Å². The Balaban J connectivity index is 2.01. The molecule has 0 aliphatic rings. The van der Waals surface area contributed by atoms with E-state index in [0.717, 1.165) is 11.8 Å². The van der Waals surface area contributed by atoms with E-state index in [1.54, 1.807) is 24.3 Å². The van der Waals surface area contributed by atoms with Crippen molar-refractivity contribution in [3.63, 3.8) is 0 Å². The van der Waals surface area contributed by atoms with Gasteiger partial charge in [-0.15, -0.1) is 0 Å². The van der Waals surface area contributed by atoms with Crippen molar-refractivity contribution in [2.24, 2.45) is 5.10 Å². The molecule has 0 atom stereocenters. The molecule has 7 nitrogen and oxygen atoms in total. The number of anilines is 1. The molecule has 0 bridgehead atoms. The normalized spacial score (nSPS) is 10.8. The smallest absolute Gasteiger partial charge is 0.387 e. The number of ether oxygens (including phenoxy) is 2. The van der Waals surface area contributed by atoms with Gasteiger partial charge in [0.05, 0.1) is 18.3 Å². The summed E-state index contributed by atoms with van der Waals surface area (Å²) < 4.78 is 34.1. The molecule has 0 aliphatic carbocycles. The molecule has 2 amide bonds. The van der Waals surface area contributed by atoms with Crippen LogP contribution in [0.3, 0.4) is 0 Å². The summed E-state index contributed by atoms with van der Waals surface area (Å²) in [5, 5.41) is 5.92. The highest BCUT2D eigenvalue weighted by atomic mass is 35.5. The molecule has 0 spiro atoms. The van der Waals surface area contributed by atoms with Crippen molar-refractivity contribution < 1.29 is 27.8 Å². The minimum absolute atomic E-state index is 0.0438. The van der Waals surface area contributed by atoms with Crippen LogP contribution in [0.15, 0.2) is 41.5 Å². The number of hydrazone groups is 1. The van der Waals surface area contributed by atoms with E-state index in [-0.39, 0.29) is 16.5 Å². The van der Waals surface area contributed by atoms with Gasteiger partial charge in [0.2, 0.25) is 0 Å². The Labute approximate surface area is 164 Å². The van der Waals surface area contributed by atoms with Crippen molar-refractivity contribution >= 4 is 35.3 Å². The predicted octanol–water partition coefficient (Wildman–Crippen LogP) is 3.35. The van der Waals surface area contributed by atoms with Gasteiger partial charge in [0.15, 0.2) is 11.5 Å². The highest BCUT2D eigenvalue weighted by Crippen LogP contribution is 2.37. The Hall–Kier alpha value is -3.20. The lowest BCUT2D eigenvalue weighted by molar-refractivity contribution is -0.136. The van der Waals surface area contributed by atoms with Gasteiger partial charge in [0.1, 0.15) is 0 Å². The fourth-order valence-electron chi connectivity index (χ4n) is 2.06. The van der Waals surface area contributed by atoms with Crippen LogP contribution in [0.2, 0.25) is 5.02 Å². The quantitative estimate of drug-likeness (QED) is 0.433. The SMILES string of the molecule is COc1cc(/C=N\NC(=O)C(=O)Nc2ccc(C)cc2)cc(Cl)c1OC(F)F. The summed E-state index contributed by atoms with van der Waals surface area (Å²) in [4.78, 5) is 23.6. The summed E-state index contributed by atoms with van der Waals surface area (Å²) >= 11 is 5.90. The standard InChI is InChI=1S/C18H16ClF2N3O4/c1-10-3-5-12(6-4-10)23-16(25)17(26)24-22-9-11-7-13(19)15(28-18(20)21)14(8-11)27-2/h3-9,18H,1-2H3,(H,23,25)(H,24,26)/b22-9-. The summed E-state index contributed by atoms with van der Waals surface area (Å²) in [6, 6.07) is 9.48. The Morgan fingerprint density at radius 2 is 1.86 bits per heavy atom. The maximum atomic E-state index is 12.4. The first-order valence-electron chi connectivity index (χ1n) is 7.83. The molecule has 10 heteroatoms. The van der Waals surface area contributed by atoms with E-state index in [4.69, 9.17) is 16.3 Å². The fraction of sp³-hybridized carbons (Fsp3) is 0.167. The van der Waals surface area contributed by atoms with Crippen LogP contribution in [0.25, 0.3) is 0 Å². The Morgan fingerprint density at radius 1 is 1.18 bits per heavy atom. The molecule has 2 rings (SSSR count). The Morgan fingerprint density at radius 3 is 2.46 bits per heavy atom. The second-order valence-corrected chi connectivity index (χ2v) is 5.84. The highest BCUT2D eigenvalue weighted by Gasteiger charge is 2.16. The molecule has 0 heterocycles. The van der Waals surface area contributed by atoms with Crippen LogP contribution in [0.4, 0.5) is 14.5 Å². The van der Waals surface area contributed by atoms with Gasteiger partial charge in [0.25, 0.3) is 0 Å². The lowest BCUT2D eigenvalue weighted by Gasteiger charge is -2.12. The predicted molar refractivity (Wildman–Crippen MR) is 100 cm³/mol. The number of carbonyl (C=O) groups is 2. The largest absolute Gasteiger partial charge is 0.493 e. The minimum atomic E-state index is -3.07. The number of alkyl halides is 2. The summed E-state index contributed by atoms with van der Waals surface area (Å²) in [5.41, 5.74) is 3.84. The zero-order chi connectivity index (χ0) is 20.7. The van der Waals surface area contributed by atoms with Crippen LogP contribution in [0.5, 0.6) is 11.5 Å². The maximum absolute atomic E-state index is 12.4. The average molecular weight is 412 g/mol. The van der Waals surface area contributed by atoms with E-state index >= 15 is 0 Å². The number of halogens is 3. The van der Waals surface area contributed by atoms with Crippen molar-refractivity contribution in [1.82, 2.24) is 5.43 Å². The number of benzene rings is 2. The van der Waals surface area contributed by atoms with Crippen LogP contribution in [0, 0.1) is 6.92 Å². The maximum Gasteiger partial charge on any atom is 0.387 e. The second kappa shape index (κ2) is 9.65. The van der Waals surface area contributed by atoms with E-state index in [1.165, 1.54) is 19.2 Å². The minimum Gasteiger partial charge on any atom is -0.493 e. The summed E-state index contributed by atoms with van der Waals surface area (Å²) in [6.45, 7) is -1.18. The van der Waals surface area contributed by atoms with Gasteiger partial charge < -0.3 is 14.8 Å². The molecule has 148 valence electrons. The third kappa shape index (κ3) is 5.92. The van der Waals surface area contributed by atoms with E-state index in [0.29, 0.717) is 11.3 Å². The summed E-state index contributed by atoms with van der Waals surface area (Å²) in [7, 11) is 1.25. The highest BCUT2D eigenvalue weighted by molar-refractivity contribution is 6.39. The number of aryl methyl sites for hydroxylation is 1. The number of amides is 2. The number of rotatable bonds is 6. The monoisotopic (exact) mass is 411 g/mol. The van der Waals surface area contributed by atoms with Crippen LogP contribution in [-0.2, 0) is 9.59 Å². The van der Waals surface area contributed by atoms with Crippen LogP contribution >= 0.6 is 11.6 Å². The first-order chi connectivity index (χ1) is 13.3. The molecule has 0 aliphatic heterocycles. The van der Waals surface area contributed by atoms with Crippen molar-refractivity contribution in [3.05, 3.63) is 52.5 Å². The zero-order valence-corrected chi connectivity index (χ0v) is 15.6. The molecule has 0 fully saturated rings. The number of hydrogen-bond acceptors (Lipinski definition) is 5. The fourth-order valence-corrected chi connectivity index (χ4v) is 2.32. The molecular formula is C18H16ClF2N3O4. The van der Waals surface area contributed by atoms with Crippen LogP contribution < -0.4 is 20.2 Å². The number of carbonyl (C=O) groups excluding carboxylic acids is 2. The van der Waals surface area contributed by atoms with Gasteiger partial charge in [-0.2, -0.15) is 13.9 Å². The van der Waals surface area contributed by atoms with Gasteiger partial charge in [-0.05, 0) is 36.8 Å². The number of hydrogen-bond donors (Lipinski definition) is 2. The molecule has 0 saturated heterocycles. The lowest BCUT2D eigenvalue weighted by atomic mass is 10.2. The topological polar surface area (TPSA) is 89.0 Å². The van der Waals surface area contributed by atoms with Gasteiger partial charge in [-0.1, -0.05) is 29.3 Å². The molecule has 0 saturated carbocycles. The van der Waals surface area contributed by atoms with Gasteiger partial charge >= 0.3 is 18.4 Å². The first kappa shape index (κ1) is 21.1. The molecule has 0 aromatic heterocycles. The van der Waals surface area contributed by atoms with Gasteiger partial charge in [-0.3, -0.25) is 9.59 Å². The van der Waals surface area contributed by atoms with Crippen molar-refractivity contribution in [1.29, 1.82) is 0 Å². The van der Waals surface area contributed by atoms with E-state index in [1.807, 2.05) is 12.3 Å². The van der Waals surface area contributed by atoms with Crippen molar-refractivity contribution in [2.75, 3.05) is 12.4 Å². The Bertz CT molecular complexity index is 889. The van der Waals surface area contributed by atoms with Crippen LogP contribution in [-0.4, -0.2) is 31.8 Å². The molecule has 2 aromatic carbocycles. The lowest BCUT2D eigenvalue weighted by Crippen LogP contribution is -2.32. The molecule has 2 N–H and O–H groups in total. The average Bonchev–Trinajstić information content (AvgIpc) is 2.65. The van der Waals surface area contributed by atoms with E-state index in [2.05, 4.69) is 15.2 Å². The summed E-state index contributed by atoms with van der Waals surface area (Å²) in [5.74, 6) is -2.26. The third-order valence-electron chi connectivity index (χ3n) is 3.35. The molecular weight excluding hydrogens is 396 g/mol. The van der Waals surface area contributed by atoms with Crippen LogP contribution in [0.1, 0.15) is 11.1 Å². The molecule has 0 radical (unpaired) electrons. The second-order valence-electron chi connectivity index (χ2n) is 5.43. The molecule has 28 heavy (non-hydrogen) atoms. The summed E-state index contributed by atoms with van der Waals surface area (Å²) in [6.07, 6.45) is 1.16. The Kier molecular flexibility index (Phi) is 7.28.